The minimum absolute atomic E-state index is 0.0326. The van der Waals surface area contributed by atoms with E-state index in [-0.39, 0.29) is 17.5 Å². The molecular formula is C23H29N5O3S2. The molecule has 176 valence electrons. The van der Waals surface area contributed by atoms with Crippen LogP contribution >= 0.6 is 12.2 Å². The summed E-state index contributed by atoms with van der Waals surface area (Å²) in [5.74, 6) is 2.26. The van der Waals surface area contributed by atoms with E-state index in [1.54, 1.807) is 24.2 Å². The fourth-order valence-corrected chi connectivity index (χ4v) is 6.23. The molecule has 0 bridgehead atoms. The van der Waals surface area contributed by atoms with Crippen molar-refractivity contribution in [1.82, 2.24) is 24.2 Å². The highest BCUT2D eigenvalue weighted by Crippen LogP contribution is 2.25. The average molecular weight is 488 g/mol. The van der Waals surface area contributed by atoms with Crippen LogP contribution in [-0.2, 0) is 16.5 Å². The molecule has 1 aliphatic rings. The fourth-order valence-electron chi connectivity index (χ4n) is 4.18. The van der Waals surface area contributed by atoms with Crippen LogP contribution in [0.5, 0.6) is 5.75 Å². The summed E-state index contributed by atoms with van der Waals surface area (Å²) in [6, 6.07) is 11.4. The molecule has 1 atom stereocenters. The van der Waals surface area contributed by atoms with Gasteiger partial charge >= 0.3 is 0 Å². The van der Waals surface area contributed by atoms with E-state index >= 15 is 0 Å². The van der Waals surface area contributed by atoms with E-state index in [1.807, 2.05) is 41.0 Å². The van der Waals surface area contributed by atoms with Crippen LogP contribution in [0.25, 0.3) is 17.1 Å². The third-order valence-electron chi connectivity index (χ3n) is 5.75. The predicted octanol–water partition coefficient (Wildman–Crippen LogP) is 3.58. The van der Waals surface area contributed by atoms with Crippen LogP contribution in [0.2, 0.25) is 0 Å². The van der Waals surface area contributed by atoms with Gasteiger partial charge in [0.05, 0.1) is 31.0 Å². The topological polar surface area (TPSA) is 82.2 Å². The lowest BCUT2D eigenvalue weighted by molar-refractivity contribution is 0.137. The summed E-state index contributed by atoms with van der Waals surface area (Å²) in [4.78, 5) is 6.32. The van der Waals surface area contributed by atoms with Crippen LogP contribution in [0.15, 0.2) is 48.8 Å². The highest BCUT2D eigenvalue weighted by atomic mass is 32.2. The minimum Gasteiger partial charge on any atom is -0.497 e. The van der Waals surface area contributed by atoms with Crippen molar-refractivity contribution in [2.45, 2.75) is 33.0 Å². The number of aromatic nitrogens is 4. The van der Waals surface area contributed by atoms with Gasteiger partial charge in [-0.25, -0.2) is 13.1 Å². The number of hydrogen-bond acceptors (Lipinski definition) is 7. The summed E-state index contributed by atoms with van der Waals surface area (Å²) in [5, 5.41) is 4.88. The van der Waals surface area contributed by atoms with Crippen molar-refractivity contribution in [1.29, 1.82) is 0 Å². The van der Waals surface area contributed by atoms with E-state index < -0.39 is 9.84 Å². The Morgan fingerprint density at radius 3 is 2.45 bits per heavy atom. The molecule has 1 aliphatic heterocycles. The van der Waals surface area contributed by atoms with E-state index in [9.17, 15) is 8.42 Å². The van der Waals surface area contributed by atoms with Gasteiger partial charge in [-0.15, -0.1) is 5.10 Å². The van der Waals surface area contributed by atoms with E-state index in [0.29, 0.717) is 29.6 Å². The number of pyridine rings is 1. The first-order valence-corrected chi connectivity index (χ1v) is 13.2. The molecule has 0 radical (unpaired) electrons. The Morgan fingerprint density at radius 2 is 1.88 bits per heavy atom. The SMILES string of the molecule is COc1ccc(-n2c(-c3ccncc3)nn(CN(CC(C)C)C3CCS(=O)(=O)C3)c2=S)cc1. The smallest absolute Gasteiger partial charge is 0.204 e. The van der Waals surface area contributed by atoms with Gasteiger partial charge in [-0.2, -0.15) is 0 Å². The monoisotopic (exact) mass is 487 g/mol. The quantitative estimate of drug-likeness (QED) is 0.449. The van der Waals surface area contributed by atoms with E-state index in [0.717, 1.165) is 23.5 Å². The second-order valence-corrected chi connectivity index (χ2v) is 11.3. The molecule has 1 fully saturated rings. The summed E-state index contributed by atoms with van der Waals surface area (Å²) in [5.41, 5.74) is 1.77. The van der Waals surface area contributed by atoms with E-state index in [1.165, 1.54) is 0 Å². The standard InChI is InChI=1S/C23H29N5O3S2/c1-17(2)14-26(20-10-13-33(29,30)15-20)16-27-23(32)28(19-4-6-21(31-3)7-5-19)22(25-27)18-8-11-24-12-9-18/h4-9,11-12,17,20H,10,13-16H2,1-3H3. The van der Waals surface area contributed by atoms with Crippen LogP contribution in [0.4, 0.5) is 0 Å². The van der Waals surface area contributed by atoms with Gasteiger partial charge < -0.3 is 4.74 Å². The maximum absolute atomic E-state index is 12.1. The zero-order chi connectivity index (χ0) is 23.6. The molecule has 3 aromatic rings. The normalized spacial score (nSPS) is 17.7. The van der Waals surface area contributed by atoms with Crippen molar-refractivity contribution in [2.75, 3.05) is 25.2 Å². The highest BCUT2D eigenvalue weighted by Gasteiger charge is 2.33. The molecular weight excluding hydrogens is 458 g/mol. The van der Waals surface area contributed by atoms with Crippen molar-refractivity contribution < 1.29 is 13.2 Å². The van der Waals surface area contributed by atoms with Gasteiger partial charge in [0, 0.05) is 30.5 Å². The maximum atomic E-state index is 12.1. The molecule has 1 unspecified atom stereocenters. The molecule has 4 rings (SSSR count). The van der Waals surface area contributed by atoms with Gasteiger partial charge in [0.15, 0.2) is 15.7 Å². The van der Waals surface area contributed by atoms with Crippen molar-refractivity contribution in [2.24, 2.45) is 5.92 Å². The number of methoxy groups -OCH3 is 1. The third kappa shape index (κ3) is 5.34. The zero-order valence-corrected chi connectivity index (χ0v) is 20.7. The van der Waals surface area contributed by atoms with E-state index in [4.69, 9.17) is 22.1 Å². The second-order valence-electron chi connectivity index (χ2n) is 8.74. The Kier molecular flexibility index (Phi) is 6.96. The first-order chi connectivity index (χ1) is 15.8. The summed E-state index contributed by atoms with van der Waals surface area (Å²) in [6.07, 6.45) is 4.09. The lowest BCUT2D eigenvalue weighted by Gasteiger charge is -2.29. The van der Waals surface area contributed by atoms with Crippen LogP contribution in [0, 0.1) is 10.7 Å². The first kappa shape index (κ1) is 23.6. The molecule has 0 saturated carbocycles. The van der Waals surface area contributed by atoms with E-state index in [2.05, 4.69) is 23.7 Å². The minimum atomic E-state index is -3.00. The van der Waals surface area contributed by atoms with Crippen molar-refractivity contribution >= 4 is 22.1 Å². The predicted molar refractivity (Wildman–Crippen MR) is 131 cm³/mol. The van der Waals surface area contributed by atoms with Gasteiger partial charge in [-0.05, 0) is 61.0 Å². The molecule has 8 nitrogen and oxygen atoms in total. The largest absolute Gasteiger partial charge is 0.497 e. The lowest BCUT2D eigenvalue weighted by Crippen LogP contribution is -2.40. The number of rotatable bonds is 8. The highest BCUT2D eigenvalue weighted by molar-refractivity contribution is 7.91. The Balaban J connectivity index is 1.76. The van der Waals surface area contributed by atoms with Crippen molar-refractivity contribution in [3.63, 3.8) is 0 Å². The van der Waals surface area contributed by atoms with Crippen LogP contribution in [0.1, 0.15) is 20.3 Å². The lowest BCUT2D eigenvalue weighted by atomic mass is 10.1. The van der Waals surface area contributed by atoms with Gasteiger partial charge in [-0.3, -0.25) is 14.5 Å². The number of benzene rings is 1. The van der Waals surface area contributed by atoms with Crippen molar-refractivity contribution in [3.05, 3.63) is 53.6 Å². The molecule has 0 spiro atoms. The summed E-state index contributed by atoms with van der Waals surface area (Å²) in [6.45, 7) is 5.46. The number of hydrogen-bond donors (Lipinski definition) is 0. The van der Waals surface area contributed by atoms with Crippen LogP contribution in [-0.4, -0.2) is 63.9 Å². The number of nitrogens with zero attached hydrogens (tertiary/aromatic N) is 5. The zero-order valence-electron chi connectivity index (χ0n) is 19.1. The molecule has 0 amide bonds. The molecule has 0 N–H and O–H groups in total. The summed E-state index contributed by atoms with van der Waals surface area (Å²) >= 11 is 5.88. The Morgan fingerprint density at radius 1 is 1.18 bits per heavy atom. The fraction of sp³-hybridized carbons (Fsp3) is 0.435. The number of sulfone groups is 1. The Hall–Kier alpha value is -2.56. The van der Waals surface area contributed by atoms with Gasteiger partial charge in [0.1, 0.15) is 5.75 Å². The first-order valence-electron chi connectivity index (χ1n) is 11.0. The Labute approximate surface area is 199 Å². The summed E-state index contributed by atoms with van der Waals surface area (Å²) in [7, 11) is -1.36. The second kappa shape index (κ2) is 9.74. The molecule has 33 heavy (non-hydrogen) atoms. The van der Waals surface area contributed by atoms with Crippen LogP contribution in [0.3, 0.4) is 0 Å². The number of ether oxygens (including phenoxy) is 1. The van der Waals surface area contributed by atoms with Crippen LogP contribution < -0.4 is 4.74 Å². The van der Waals surface area contributed by atoms with Gasteiger partial charge in [0.25, 0.3) is 0 Å². The molecule has 10 heteroatoms. The summed E-state index contributed by atoms with van der Waals surface area (Å²) < 4.78 is 33.9. The molecule has 2 aromatic heterocycles. The van der Waals surface area contributed by atoms with Gasteiger partial charge in [0.2, 0.25) is 4.77 Å². The third-order valence-corrected chi connectivity index (χ3v) is 7.89. The molecule has 3 heterocycles. The Bertz CT molecular complexity index is 1250. The maximum Gasteiger partial charge on any atom is 0.204 e. The molecule has 0 aliphatic carbocycles. The molecule has 1 saturated heterocycles. The van der Waals surface area contributed by atoms with Gasteiger partial charge in [-0.1, -0.05) is 13.8 Å². The molecule has 1 aromatic carbocycles. The van der Waals surface area contributed by atoms with Crippen molar-refractivity contribution in [3.8, 4) is 22.8 Å². The average Bonchev–Trinajstić information content (AvgIpc) is 3.33.